The van der Waals surface area contributed by atoms with E-state index in [9.17, 15) is 4.79 Å². The highest BCUT2D eigenvalue weighted by Gasteiger charge is 2.47. The molecule has 5 nitrogen and oxygen atoms in total. The molecule has 2 saturated carbocycles. The molecule has 1 heterocycles. The van der Waals surface area contributed by atoms with Gasteiger partial charge < -0.3 is 11.1 Å². The van der Waals surface area contributed by atoms with Crippen molar-refractivity contribution >= 4 is 21.8 Å². The second-order valence-electron chi connectivity index (χ2n) is 5.40. The molecule has 0 bridgehead atoms. The summed E-state index contributed by atoms with van der Waals surface area (Å²) in [6, 6.07) is 0.746. The van der Waals surface area contributed by atoms with Crippen LogP contribution in [0.25, 0.3) is 0 Å². The zero-order valence-electron chi connectivity index (χ0n) is 10.1. The Morgan fingerprint density at radius 1 is 1.56 bits per heavy atom. The first-order valence-corrected chi connectivity index (χ1v) is 7.16. The van der Waals surface area contributed by atoms with Gasteiger partial charge in [0.05, 0.1) is 22.3 Å². The molecule has 3 N–H and O–H groups in total. The Morgan fingerprint density at radius 3 is 2.89 bits per heavy atom. The highest BCUT2D eigenvalue weighted by Crippen LogP contribution is 2.39. The Labute approximate surface area is 114 Å². The van der Waals surface area contributed by atoms with Crippen LogP contribution in [0.5, 0.6) is 0 Å². The van der Waals surface area contributed by atoms with Crippen LogP contribution >= 0.6 is 15.9 Å². The molecular weight excluding hydrogens is 296 g/mol. The number of amides is 1. The number of nitrogens with one attached hydrogen (secondary N) is 1. The number of carbonyl (C=O) groups is 1. The normalized spacial score (nSPS) is 31.7. The lowest BCUT2D eigenvalue weighted by atomic mass is 9.96. The SMILES string of the molecule is NC(=O)C1(NC2CC2)CCC(n2cc(Br)cn2)C1. The molecule has 2 unspecified atom stereocenters. The van der Waals surface area contributed by atoms with E-state index in [0.29, 0.717) is 6.04 Å². The maximum absolute atomic E-state index is 11.8. The third kappa shape index (κ3) is 2.19. The van der Waals surface area contributed by atoms with E-state index in [0.717, 1.165) is 36.6 Å². The highest BCUT2D eigenvalue weighted by molar-refractivity contribution is 9.10. The van der Waals surface area contributed by atoms with E-state index in [1.54, 1.807) is 6.20 Å². The van der Waals surface area contributed by atoms with Crippen molar-refractivity contribution in [2.75, 3.05) is 0 Å². The van der Waals surface area contributed by atoms with Gasteiger partial charge >= 0.3 is 0 Å². The van der Waals surface area contributed by atoms with E-state index in [4.69, 9.17) is 5.73 Å². The molecule has 0 aromatic carbocycles. The van der Waals surface area contributed by atoms with Gasteiger partial charge in [-0.25, -0.2) is 0 Å². The molecule has 0 spiro atoms. The summed E-state index contributed by atoms with van der Waals surface area (Å²) < 4.78 is 2.90. The van der Waals surface area contributed by atoms with E-state index in [1.807, 2.05) is 10.9 Å². The van der Waals surface area contributed by atoms with Gasteiger partial charge in [-0.05, 0) is 48.0 Å². The number of primary amides is 1. The summed E-state index contributed by atoms with van der Waals surface area (Å²) in [5.41, 5.74) is 5.09. The predicted molar refractivity (Wildman–Crippen MR) is 70.9 cm³/mol. The number of aromatic nitrogens is 2. The summed E-state index contributed by atoms with van der Waals surface area (Å²) in [7, 11) is 0. The monoisotopic (exact) mass is 312 g/mol. The fraction of sp³-hybridized carbons (Fsp3) is 0.667. The van der Waals surface area contributed by atoms with Gasteiger partial charge in [0.1, 0.15) is 0 Å². The molecule has 0 saturated heterocycles. The fourth-order valence-electron chi connectivity index (χ4n) is 2.80. The van der Waals surface area contributed by atoms with Gasteiger partial charge in [-0.2, -0.15) is 5.10 Å². The van der Waals surface area contributed by atoms with Crippen LogP contribution in [0, 0.1) is 0 Å². The number of carbonyl (C=O) groups excluding carboxylic acids is 1. The second kappa shape index (κ2) is 4.35. The Bertz CT molecular complexity index is 470. The molecule has 2 atom stereocenters. The molecule has 98 valence electrons. The van der Waals surface area contributed by atoms with Gasteiger partial charge in [-0.1, -0.05) is 0 Å². The second-order valence-corrected chi connectivity index (χ2v) is 6.32. The van der Waals surface area contributed by atoms with Crippen LogP contribution in [0.3, 0.4) is 0 Å². The molecule has 18 heavy (non-hydrogen) atoms. The predicted octanol–water partition coefficient (Wildman–Crippen LogP) is 1.35. The first kappa shape index (κ1) is 12.2. The smallest absolute Gasteiger partial charge is 0.237 e. The lowest BCUT2D eigenvalue weighted by molar-refractivity contribution is -0.124. The molecule has 0 aliphatic heterocycles. The summed E-state index contributed by atoms with van der Waals surface area (Å²) in [6.07, 6.45) is 8.54. The Morgan fingerprint density at radius 2 is 2.33 bits per heavy atom. The molecule has 2 aliphatic rings. The summed E-state index contributed by atoms with van der Waals surface area (Å²) in [5.74, 6) is -0.219. The zero-order valence-corrected chi connectivity index (χ0v) is 11.7. The Hall–Kier alpha value is -0.880. The van der Waals surface area contributed by atoms with Crippen molar-refractivity contribution in [2.45, 2.75) is 49.7 Å². The van der Waals surface area contributed by atoms with Gasteiger partial charge in [0.25, 0.3) is 0 Å². The average Bonchev–Trinajstić information content (AvgIpc) is 2.85. The average molecular weight is 313 g/mol. The number of halogens is 1. The van der Waals surface area contributed by atoms with Crippen molar-refractivity contribution in [3.63, 3.8) is 0 Å². The van der Waals surface area contributed by atoms with Crippen molar-refractivity contribution < 1.29 is 4.79 Å². The Kier molecular flexibility index (Phi) is 2.94. The number of nitrogens with zero attached hydrogens (tertiary/aromatic N) is 2. The van der Waals surface area contributed by atoms with E-state index >= 15 is 0 Å². The first-order valence-electron chi connectivity index (χ1n) is 6.36. The van der Waals surface area contributed by atoms with Crippen LogP contribution in [-0.4, -0.2) is 27.3 Å². The third-order valence-electron chi connectivity index (χ3n) is 3.96. The van der Waals surface area contributed by atoms with E-state index in [1.165, 1.54) is 0 Å². The first-order chi connectivity index (χ1) is 8.59. The molecule has 3 rings (SSSR count). The van der Waals surface area contributed by atoms with Gasteiger partial charge in [-0.3, -0.25) is 9.48 Å². The molecule has 1 aromatic rings. The van der Waals surface area contributed by atoms with Gasteiger partial charge in [0, 0.05) is 12.2 Å². The van der Waals surface area contributed by atoms with Crippen molar-refractivity contribution in [1.82, 2.24) is 15.1 Å². The Balaban J connectivity index is 1.76. The maximum atomic E-state index is 11.8. The van der Waals surface area contributed by atoms with Crippen LogP contribution in [0.4, 0.5) is 0 Å². The van der Waals surface area contributed by atoms with Gasteiger partial charge in [0.15, 0.2) is 0 Å². The van der Waals surface area contributed by atoms with Gasteiger partial charge in [-0.15, -0.1) is 0 Å². The highest BCUT2D eigenvalue weighted by atomic mass is 79.9. The summed E-state index contributed by atoms with van der Waals surface area (Å²) in [6.45, 7) is 0. The minimum atomic E-state index is -0.524. The van der Waals surface area contributed by atoms with Crippen molar-refractivity contribution in [3.05, 3.63) is 16.9 Å². The quantitative estimate of drug-likeness (QED) is 0.881. The van der Waals surface area contributed by atoms with Crippen LogP contribution < -0.4 is 11.1 Å². The summed E-state index contributed by atoms with van der Waals surface area (Å²) >= 11 is 3.40. The lowest BCUT2D eigenvalue weighted by Crippen LogP contribution is -2.54. The molecule has 1 aromatic heterocycles. The fourth-order valence-corrected chi connectivity index (χ4v) is 3.11. The van der Waals surface area contributed by atoms with Crippen LogP contribution in [0.15, 0.2) is 16.9 Å². The van der Waals surface area contributed by atoms with Crippen molar-refractivity contribution in [2.24, 2.45) is 5.73 Å². The standard InChI is InChI=1S/C12H17BrN4O/c13-8-6-15-17(7-8)10-3-4-12(5-10,11(14)18)16-9-1-2-9/h6-7,9-10,16H,1-5H2,(H2,14,18). The minimum Gasteiger partial charge on any atom is -0.368 e. The van der Waals surface area contributed by atoms with E-state index in [-0.39, 0.29) is 11.9 Å². The van der Waals surface area contributed by atoms with Gasteiger partial charge in [0.2, 0.25) is 5.91 Å². The van der Waals surface area contributed by atoms with Crippen molar-refractivity contribution in [1.29, 1.82) is 0 Å². The van der Waals surface area contributed by atoms with Crippen LogP contribution in [0.2, 0.25) is 0 Å². The largest absolute Gasteiger partial charge is 0.368 e. The molecule has 1 amide bonds. The molecular formula is C12H17BrN4O. The zero-order chi connectivity index (χ0) is 12.8. The summed E-state index contributed by atoms with van der Waals surface area (Å²) in [5, 5.41) is 7.75. The number of rotatable bonds is 4. The lowest BCUT2D eigenvalue weighted by Gasteiger charge is -2.27. The number of hydrogen-bond donors (Lipinski definition) is 2. The van der Waals surface area contributed by atoms with Crippen LogP contribution in [0.1, 0.15) is 38.1 Å². The topological polar surface area (TPSA) is 72.9 Å². The number of hydrogen-bond acceptors (Lipinski definition) is 3. The third-order valence-corrected chi connectivity index (χ3v) is 4.37. The van der Waals surface area contributed by atoms with E-state index < -0.39 is 5.54 Å². The van der Waals surface area contributed by atoms with E-state index in [2.05, 4.69) is 26.3 Å². The molecule has 2 fully saturated rings. The molecule has 2 aliphatic carbocycles. The molecule has 0 radical (unpaired) electrons. The van der Waals surface area contributed by atoms with Crippen LogP contribution in [-0.2, 0) is 4.79 Å². The van der Waals surface area contributed by atoms with Crippen molar-refractivity contribution in [3.8, 4) is 0 Å². The summed E-state index contributed by atoms with van der Waals surface area (Å²) in [4.78, 5) is 11.8. The molecule has 6 heteroatoms. The minimum absolute atomic E-state index is 0.219. The maximum Gasteiger partial charge on any atom is 0.237 e. The number of nitrogens with two attached hydrogens (primary N) is 1.